The van der Waals surface area contributed by atoms with Crippen LogP contribution >= 0.6 is 0 Å². The molecule has 0 radical (unpaired) electrons. The van der Waals surface area contributed by atoms with Crippen molar-refractivity contribution in [1.29, 1.82) is 0 Å². The number of aromatic nitrogens is 2. The van der Waals surface area contributed by atoms with E-state index in [-0.39, 0.29) is 12.4 Å². The third-order valence-corrected chi connectivity index (χ3v) is 2.35. The quantitative estimate of drug-likeness (QED) is 0.902. The summed E-state index contributed by atoms with van der Waals surface area (Å²) >= 11 is 0. The monoisotopic (exact) mass is 252 g/mol. The number of aliphatic hydroxyl groups is 1. The van der Waals surface area contributed by atoms with Crippen molar-refractivity contribution in [2.75, 3.05) is 0 Å². The number of ether oxygens (including phenoxy) is 1. The molecule has 96 valence electrons. The molecule has 0 aliphatic carbocycles. The molecule has 2 rings (SSSR count). The van der Waals surface area contributed by atoms with E-state index in [2.05, 4.69) is 10.1 Å². The Balaban J connectivity index is 2.15. The SMILES string of the molecule is Cc1nc(COc2cc(F)ccc2[C@H](C)O)no1. The first-order valence-corrected chi connectivity index (χ1v) is 5.46. The van der Waals surface area contributed by atoms with Crippen LogP contribution < -0.4 is 4.74 Å². The lowest BCUT2D eigenvalue weighted by Crippen LogP contribution is -2.02. The van der Waals surface area contributed by atoms with Gasteiger partial charge in [0, 0.05) is 18.6 Å². The van der Waals surface area contributed by atoms with Crippen LogP contribution in [0, 0.1) is 12.7 Å². The molecular weight excluding hydrogens is 239 g/mol. The fourth-order valence-electron chi connectivity index (χ4n) is 1.52. The first-order valence-electron chi connectivity index (χ1n) is 5.46. The Kier molecular flexibility index (Phi) is 3.57. The zero-order valence-corrected chi connectivity index (χ0v) is 10.1. The standard InChI is InChI=1S/C12H13FN2O3/c1-7(16)10-4-3-9(13)5-11(10)17-6-12-14-8(2)18-15-12/h3-5,7,16H,6H2,1-2H3/t7-/m0/s1. The Labute approximate surface area is 103 Å². The van der Waals surface area contributed by atoms with E-state index in [0.717, 1.165) is 0 Å². The van der Waals surface area contributed by atoms with E-state index in [1.54, 1.807) is 13.8 Å². The second-order valence-corrected chi connectivity index (χ2v) is 3.88. The van der Waals surface area contributed by atoms with Crippen LogP contribution in [-0.2, 0) is 6.61 Å². The molecule has 2 aromatic rings. The van der Waals surface area contributed by atoms with Crippen molar-refractivity contribution in [1.82, 2.24) is 10.1 Å². The number of aliphatic hydroxyl groups excluding tert-OH is 1. The summed E-state index contributed by atoms with van der Waals surface area (Å²) in [7, 11) is 0. The van der Waals surface area contributed by atoms with Gasteiger partial charge < -0.3 is 14.4 Å². The number of hydrogen-bond acceptors (Lipinski definition) is 5. The molecular formula is C12H13FN2O3. The van der Waals surface area contributed by atoms with Crippen LogP contribution in [0.5, 0.6) is 5.75 Å². The highest BCUT2D eigenvalue weighted by atomic mass is 19.1. The van der Waals surface area contributed by atoms with Gasteiger partial charge in [-0.1, -0.05) is 5.16 Å². The average molecular weight is 252 g/mol. The Bertz CT molecular complexity index is 540. The third kappa shape index (κ3) is 2.84. The van der Waals surface area contributed by atoms with Gasteiger partial charge in [0.15, 0.2) is 6.61 Å². The van der Waals surface area contributed by atoms with E-state index in [1.807, 2.05) is 0 Å². The number of benzene rings is 1. The van der Waals surface area contributed by atoms with Crippen LogP contribution in [0.4, 0.5) is 4.39 Å². The number of rotatable bonds is 4. The number of aryl methyl sites for hydroxylation is 1. The predicted octanol–water partition coefficient (Wildman–Crippen LogP) is 2.15. The van der Waals surface area contributed by atoms with Gasteiger partial charge in [-0.25, -0.2) is 4.39 Å². The van der Waals surface area contributed by atoms with Gasteiger partial charge in [0.25, 0.3) is 0 Å². The van der Waals surface area contributed by atoms with Gasteiger partial charge in [0.2, 0.25) is 11.7 Å². The van der Waals surface area contributed by atoms with Gasteiger partial charge in [0.05, 0.1) is 6.10 Å². The largest absolute Gasteiger partial charge is 0.485 e. The van der Waals surface area contributed by atoms with Crippen molar-refractivity contribution in [3.8, 4) is 5.75 Å². The number of nitrogens with zero attached hydrogens (tertiary/aromatic N) is 2. The molecule has 1 atom stereocenters. The lowest BCUT2D eigenvalue weighted by molar-refractivity contribution is 0.189. The van der Waals surface area contributed by atoms with Crippen molar-refractivity contribution in [2.45, 2.75) is 26.6 Å². The normalized spacial score (nSPS) is 12.4. The molecule has 0 amide bonds. The second-order valence-electron chi connectivity index (χ2n) is 3.88. The first kappa shape index (κ1) is 12.5. The van der Waals surface area contributed by atoms with Crippen molar-refractivity contribution in [3.63, 3.8) is 0 Å². The van der Waals surface area contributed by atoms with E-state index >= 15 is 0 Å². The minimum Gasteiger partial charge on any atom is -0.485 e. The lowest BCUT2D eigenvalue weighted by atomic mass is 10.1. The van der Waals surface area contributed by atoms with Gasteiger partial charge >= 0.3 is 0 Å². The fraction of sp³-hybridized carbons (Fsp3) is 0.333. The molecule has 0 unspecified atom stereocenters. The molecule has 0 aliphatic heterocycles. The van der Waals surface area contributed by atoms with E-state index in [9.17, 15) is 9.50 Å². The summed E-state index contributed by atoms with van der Waals surface area (Å²) < 4.78 is 23.3. The molecule has 5 nitrogen and oxygen atoms in total. The van der Waals surface area contributed by atoms with E-state index < -0.39 is 11.9 Å². The highest BCUT2D eigenvalue weighted by Crippen LogP contribution is 2.26. The highest BCUT2D eigenvalue weighted by Gasteiger charge is 2.12. The third-order valence-electron chi connectivity index (χ3n) is 2.35. The summed E-state index contributed by atoms with van der Waals surface area (Å²) in [4.78, 5) is 3.96. The highest BCUT2D eigenvalue weighted by molar-refractivity contribution is 5.35. The first-order chi connectivity index (χ1) is 8.56. The maximum atomic E-state index is 13.1. The molecule has 18 heavy (non-hydrogen) atoms. The van der Waals surface area contributed by atoms with Crippen LogP contribution in [0.3, 0.4) is 0 Å². The number of hydrogen-bond donors (Lipinski definition) is 1. The molecule has 0 aliphatic rings. The topological polar surface area (TPSA) is 68.4 Å². The Morgan fingerprint density at radius 3 is 2.89 bits per heavy atom. The summed E-state index contributed by atoms with van der Waals surface area (Å²) in [5, 5.41) is 13.2. The summed E-state index contributed by atoms with van der Waals surface area (Å²) in [6, 6.07) is 3.97. The molecule has 6 heteroatoms. The van der Waals surface area contributed by atoms with Gasteiger partial charge in [0.1, 0.15) is 11.6 Å². The van der Waals surface area contributed by atoms with Crippen LogP contribution in [0.25, 0.3) is 0 Å². The summed E-state index contributed by atoms with van der Waals surface area (Å²) in [5.74, 6) is 0.642. The van der Waals surface area contributed by atoms with Crippen LogP contribution in [0.15, 0.2) is 22.7 Å². The second kappa shape index (κ2) is 5.14. The van der Waals surface area contributed by atoms with E-state index in [0.29, 0.717) is 17.3 Å². The van der Waals surface area contributed by atoms with Crippen molar-refractivity contribution in [2.24, 2.45) is 0 Å². The Morgan fingerprint density at radius 2 is 2.28 bits per heavy atom. The van der Waals surface area contributed by atoms with Crippen molar-refractivity contribution < 1.29 is 18.8 Å². The van der Waals surface area contributed by atoms with Gasteiger partial charge in [-0.05, 0) is 19.1 Å². The lowest BCUT2D eigenvalue weighted by Gasteiger charge is -2.12. The summed E-state index contributed by atoms with van der Waals surface area (Å²) in [5.41, 5.74) is 0.511. The van der Waals surface area contributed by atoms with Crippen LogP contribution in [0.2, 0.25) is 0 Å². The molecule has 1 N–H and O–H groups in total. The predicted molar refractivity (Wildman–Crippen MR) is 60.4 cm³/mol. The molecule has 1 aromatic heterocycles. The maximum absolute atomic E-state index is 13.1. The summed E-state index contributed by atoms with van der Waals surface area (Å²) in [6.07, 6.45) is -0.743. The number of halogens is 1. The van der Waals surface area contributed by atoms with Gasteiger partial charge in [-0.15, -0.1) is 0 Å². The average Bonchev–Trinajstić information content (AvgIpc) is 2.72. The molecule has 0 saturated carbocycles. The maximum Gasteiger partial charge on any atom is 0.223 e. The Hall–Kier alpha value is -1.95. The van der Waals surface area contributed by atoms with Crippen LogP contribution in [-0.4, -0.2) is 15.2 Å². The van der Waals surface area contributed by atoms with Gasteiger partial charge in [-0.2, -0.15) is 4.98 Å². The molecule has 0 bridgehead atoms. The smallest absolute Gasteiger partial charge is 0.223 e. The van der Waals surface area contributed by atoms with Crippen LogP contribution in [0.1, 0.15) is 30.3 Å². The van der Waals surface area contributed by atoms with Crippen molar-refractivity contribution in [3.05, 3.63) is 41.3 Å². The molecule has 1 aromatic carbocycles. The molecule has 1 heterocycles. The Morgan fingerprint density at radius 1 is 1.50 bits per heavy atom. The minimum absolute atomic E-state index is 0.0561. The molecule has 0 fully saturated rings. The molecule has 0 spiro atoms. The molecule has 0 saturated heterocycles. The zero-order chi connectivity index (χ0) is 13.1. The van der Waals surface area contributed by atoms with E-state index in [1.165, 1.54) is 18.2 Å². The minimum atomic E-state index is -0.743. The van der Waals surface area contributed by atoms with Gasteiger partial charge in [-0.3, -0.25) is 0 Å². The van der Waals surface area contributed by atoms with E-state index in [4.69, 9.17) is 9.26 Å². The zero-order valence-electron chi connectivity index (χ0n) is 10.1. The fourth-order valence-corrected chi connectivity index (χ4v) is 1.52. The summed E-state index contributed by atoms with van der Waals surface area (Å²) in [6.45, 7) is 3.30. The van der Waals surface area contributed by atoms with Crippen molar-refractivity contribution >= 4 is 0 Å².